The van der Waals surface area contributed by atoms with E-state index in [2.05, 4.69) is 15.9 Å². The number of nitro groups is 1. The van der Waals surface area contributed by atoms with E-state index in [1.807, 2.05) is 6.07 Å². The van der Waals surface area contributed by atoms with E-state index >= 15 is 0 Å². The summed E-state index contributed by atoms with van der Waals surface area (Å²) in [6.45, 7) is 0. The second-order valence-corrected chi connectivity index (χ2v) is 6.75. The third-order valence-corrected chi connectivity index (χ3v) is 6.06. The van der Waals surface area contributed by atoms with Crippen molar-refractivity contribution >= 4 is 21.7 Å². The number of alkyl halides is 1. The highest BCUT2D eigenvalue weighted by atomic mass is 79.9. The van der Waals surface area contributed by atoms with E-state index in [4.69, 9.17) is 0 Å². The first-order chi connectivity index (χ1) is 9.43. The summed E-state index contributed by atoms with van der Waals surface area (Å²) < 4.78 is -1.83. The van der Waals surface area contributed by atoms with Crippen LogP contribution in [-0.4, -0.2) is 25.9 Å². The number of nitrogens with zero attached hydrogens (tertiary/aromatic N) is 1. The molecule has 6 heteroatoms. The van der Waals surface area contributed by atoms with Gasteiger partial charge >= 0.3 is 4.45 Å². The molecule has 1 aromatic carbocycles. The van der Waals surface area contributed by atoms with Crippen molar-refractivity contribution in [3.8, 4) is 0 Å². The SMILES string of the molecule is O=C1[C@H]2CCC[C@]1(O)[C@@](Br)([N+](=O)[O-])[C@H]2c1ccccc1. The first kappa shape index (κ1) is 13.7. The van der Waals surface area contributed by atoms with E-state index in [1.54, 1.807) is 24.3 Å². The van der Waals surface area contributed by atoms with Crippen LogP contribution >= 0.6 is 15.9 Å². The minimum Gasteiger partial charge on any atom is -0.375 e. The number of hydrogen-bond donors (Lipinski definition) is 1. The molecule has 2 saturated carbocycles. The molecule has 0 heterocycles. The molecule has 2 fully saturated rings. The maximum Gasteiger partial charge on any atom is 0.317 e. The summed E-state index contributed by atoms with van der Waals surface area (Å²) in [5.41, 5.74) is -1.20. The summed E-state index contributed by atoms with van der Waals surface area (Å²) in [5, 5.41) is 22.3. The zero-order valence-corrected chi connectivity index (χ0v) is 12.2. The van der Waals surface area contributed by atoms with E-state index in [-0.39, 0.29) is 6.42 Å². The molecule has 3 rings (SSSR count). The number of carbonyl (C=O) groups is 1. The molecule has 106 valence electrons. The lowest BCUT2D eigenvalue weighted by Gasteiger charge is -2.31. The van der Waals surface area contributed by atoms with Gasteiger partial charge in [-0.05, 0) is 24.8 Å². The maximum absolute atomic E-state index is 12.4. The fourth-order valence-corrected chi connectivity index (χ4v) is 4.68. The fourth-order valence-electron chi connectivity index (χ4n) is 3.71. The molecular weight excluding hydrogens is 326 g/mol. The van der Waals surface area contributed by atoms with Gasteiger partial charge in [0, 0.05) is 26.8 Å². The molecule has 0 aliphatic heterocycles. The molecule has 1 N–H and O–H groups in total. The Kier molecular flexibility index (Phi) is 2.99. The molecule has 2 aliphatic carbocycles. The van der Waals surface area contributed by atoms with Crippen molar-refractivity contribution in [3.63, 3.8) is 0 Å². The summed E-state index contributed by atoms with van der Waals surface area (Å²) in [7, 11) is 0. The number of benzene rings is 1. The summed E-state index contributed by atoms with van der Waals surface area (Å²) in [4.78, 5) is 23.5. The van der Waals surface area contributed by atoms with Gasteiger partial charge in [0.05, 0.1) is 5.92 Å². The number of hydrogen-bond acceptors (Lipinski definition) is 4. The number of fused-ring (bicyclic) bond motifs is 2. The summed E-state index contributed by atoms with van der Waals surface area (Å²) >= 11 is 3.15. The number of Topliss-reactive ketones (excluding diaryl/α,β-unsaturated/α-hetero) is 1. The standard InChI is InChI=1S/C14H14BrNO4/c15-14(16(19)20)11(9-5-2-1-3-6-9)10-7-4-8-13(14,18)12(10)17/h1-3,5-6,10-11,18H,4,7-8H2/t10-,11-,13+,14-/m0/s1. The summed E-state index contributed by atoms with van der Waals surface area (Å²) in [5.74, 6) is -1.54. The van der Waals surface area contributed by atoms with Gasteiger partial charge in [-0.25, -0.2) is 0 Å². The Morgan fingerprint density at radius 1 is 1.35 bits per heavy atom. The molecule has 0 unspecified atom stereocenters. The number of halogens is 1. The molecule has 20 heavy (non-hydrogen) atoms. The number of carbonyl (C=O) groups excluding carboxylic acids is 1. The molecule has 0 amide bonds. The van der Waals surface area contributed by atoms with E-state index < -0.39 is 32.6 Å². The Labute approximate surface area is 124 Å². The van der Waals surface area contributed by atoms with Crippen LogP contribution in [0.3, 0.4) is 0 Å². The maximum atomic E-state index is 12.4. The van der Waals surface area contributed by atoms with Crippen molar-refractivity contribution in [1.82, 2.24) is 0 Å². The molecule has 4 atom stereocenters. The predicted molar refractivity (Wildman–Crippen MR) is 75.1 cm³/mol. The number of aliphatic hydroxyl groups is 1. The molecule has 2 bridgehead atoms. The minimum atomic E-state index is -1.92. The topological polar surface area (TPSA) is 80.4 Å². The zero-order valence-electron chi connectivity index (χ0n) is 10.7. The highest BCUT2D eigenvalue weighted by molar-refractivity contribution is 9.10. The van der Waals surface area contributed by atoms with Crippen LogP contribution in [0.5, 0.6) is 0 Å². The van der Waals surface area contributed by atoms with Crippen LogP contribution in [0.4, 0.5) is 0 Å². The number of rotatable bonds is 2. The second-order valence-electron chi connectivity index (χ2n) is 5.54. The Bertz CT molecular complexity index is 578. The van der Waals surface area contributed by atoms with Gasteiger partial charge in [0.2, 0.25) is 5.60 Å². The molecule has 0 aromatic heterocycles. The van der Waals surface area contributed by atoms with Crippen LogP contribution in [0.2, 0.25) is 0 Å². The van der Waals surface area contributed by atoms with Crippen molar-refractivity contribution in [2.24, 2.45) is 5.92 Å². The molecule has 5 nitrogen and oxygen atoms in total. The molecule has 0 radical (unpaired) electrons. The minimum absolute atomic E-state index is 0.137. The first-order valence-electron chi connectivity index (χ1n) is 6.58. The van der Waals surface area contributed by atoms with Crippen LogP contribution in [0, 0.1) is 16.0 Å². The quantitative estimate of drug-likeness (QED) is 0.388. The van der Waals surface area contributed by atoms with Gasteiger partial charge in [-0.1, -0.05) is 30.3 Å². The average Bonchev–Trinajstić information content (AvgIpc) is 2.54. The lowest BCUT2D eigenvalue weighted by atomic mass is 9.82. The van der Waals surface area contributed by atoms with Crippen molar-refractivity contribution in [1.29, 1.82) is 0 Å². The molecular formula is C14H14BrNO4. The zero-order chi connectivity index (χ0) is 14.5. The molecule has 0 saturated heterocycles. The lowest BCUT2D eigenvalue weighted by Crippen LogP contribution is -2.56. The van der Waals surface area contributed by atoms with Crippen molar-refractivity contribution in [3.05, 3.63) is 46.0 Å². The van der Waals surface area contributed by atoms with Crippen molar-refractivity contribution in [2.45, 2.75) is 35.2 Å². The van der Waals surface area contributed by atoms with Crippen LogP contribution in [0.1, 0.15) is 30.7 Å². The van der Waals surface area contributed by atoms with Crippen molar-refractivity contribution in [2.75, 3.05) is 0 Å². The lowest BCUT2D eigenvalue weighted by molar-refractivity contribution is -0.555. The fraction of sp³-hybridized carbons (Fsp3) is 0.500. The van der Waals surface area contributed by atoms with Gasteiger partial charge in [-0.2, -0.15) is 0 Å². The van der Waals surface area contributed by atoms with Crippen LogP contribution in [-0.2, 0) is 4.79 Å². The average molecular weight is 340 g/mol. The largest absolute Gasteiger partial charge is 0.375 e. The van der Waals surface area contributed by atoms with E-state index in [0.29, 0.717) is 12.8 Å². The van der Waals surface area contributed by atoms with Gasteiger partial charge in [-0.3, -0.25) is 14.9 Å². The Hall–Kier alpha value is -1.27. The smallest absolute Gasteiger partial charge is 0.317 e. The van der Waals surface area contributed by atoms with Crippen LogP contribution < -0.4 is 0 Å². The molecule has 0 spiro atoms. The Balaban J connectivity index is 2.22. The van der Waals surface area contributed by atoms with E-state index in [9.17, 15) is 20.0 Å². The van der Waals surface area contributed by atoms with Gasteiger partial charge in [0.25, 0.3) is 0 Å². The van der Waals surface area contributed by atoms with Gasteiger partial charge < -0.3 is 5.11 Å². The van der Waals surface area contributed by atoms with Gasteiger partial charge in [0.1, 0.15) is 0 Å². The van der Waals surface area contributed by atoms with Gasteiger partial charge in [-0.15, -0.1) is 0 Å². The highest BCUT2D eigenvalue weighted by Gasteiger charge is 2.77. The first-order valence-corrected chi connectivity index (χ1v) is 7.37. The van der Waals surface area contributed by atoms with Crippen molar-refractivity contribution < 1.29 is 14.8 Å². The van der Waals surface area contributed by atoms with Gasteiger partial charge in [0.15, 0.2) is 5.78 Å². The normalized spacial score (nSPS) is 39.8. The van der Waals surface area contributed by atoms with E-state index in [1.165, 1.54) is 0 Å². The molecule has 2 aliphatic rings. The monoisotopic (exact) mass is 339 g/mol. The highest BCUT2D eigenvalue weighted by Crippen LogP contribution is 2.60. The van der Waals surface area contributed by atoms with Crippen LogP contribution in [0.25, 0.3) is 0 Å². The van der Waals surface area contributed by atoms with Crippen LogP contribution in [0.15, 0.2) is 30.3 Å². The summed E-state index contributed by atoms with van der Waals surface area (Å²) in [6.07, 6.45) is 1.34. The Morgan fingerprint density at radius 2 is 2.00 bits per heavy atom. The second kappa shape index (κ2) is 4.36. The molecule has 1 aromatic rings. The predicted octanol–water partition coefficient (Wildman–Crippen LogP) is 2.25. The number of ketones is 1. The third kappa shape index (κ3) is 1.49. The summed E-state index contributed by atoms with van der Waals surface area (Å²) in [6, 6.07) is 8.96. The third-order valence-electron chi connectivity index (χ3n) is 4.62. The Morgan fingerprint density at radius 3 is 2.60 bits per heavy atom. The van der Waals surface area contributed by atoms with E-state index in [0.717, 1.165) is 5.56 Å².